The van der Waals surface area contributed by atoms with Crippen LogP contribution in [-0.2, 0) is 10.2 Å². The van der Waals surface area contributed by atoms with Crippen molar-refractivity contribution in [2.24, 2.45) is 0 Å². The number of rotatable bonds is 4. The van der Waals surface area contributed by atoms with Crippen molar-refractivity contribution in [2.75, 3.05) is 5.32 Å². The fourth-order valence-corrected chi connectivity index (χ4v) is 2.27. The largest absolute Gasteiger partial charge is 0.478 e. The van der Waals surface area contributed by atoms with Crippen molar-refractivity contribution in [2.45, 2.75) is 33.1 Å². The third-order valence-corrected chi connectivity index (χ3v) is 4.07. The standard InChI is InChI=1S/C19H21NO3/c1-12-5-9-15(10-6-12)19(3,4)18(23)20-16-11-14(17(21)22)8-7-13(16)2/h5-11H,1-4H3,(H,20,23)(H,21,22). The molecule has 0 spiro atoms. The summed E-state index contributed by atoms with van der Waals surface area (Å²) in [6.45, 7) is 7.53. The predicted octanol–water partition coefficient (Wildman–Crippen LogP) is 3.92. The van der Waals surface area contributed by atoms with Gasteiger partial charge in [0.1, 0.15) is 0 Å². The van der Waals surface area contributed by atoms with Crippen LogP contribution in [0.2, 0.25) is 0 Å². The third kappa shape index (κ3) is 3.59. The van der Waals surface area contributed by atoms with E-state index in [9.17, 15) is 9.59 Å². The minimum atomic E-state index is -1.02. The van der Waals surface area contributed by atoms with Crippen molar-refractivity contribution in [3.63, 3.8) is 0 Å². The molecule has 0 aliphatic rings. The Balaban J connectivity index is 2.29. The van der Waals surface area contributed by atoms with Crippen LogP contribution in [0.25, 0.3) is 0 Å². The molecule has 120 valence electrons. The highest BCUT2D eigenvalue weighted by Gasteiger charge is 2.30. The molecule has 2 rings (SSSR count). The van der Waals surface area contributed by atoms with Gasteiger partial charge in [-0.3, -0.25) is 4.79 Å². The summed E-state index contributed by atoms with van der Waals surface area (Å²) in [7, 11) is 0. The minimum absolute atomic E-state index is 0.152. The molecule has 0 fully saturated rings. The highest BCUT2D eigenvalue weighted by atomic mass is 16.4. The highest BCUT2D eigenvalue weighted by molar-refractivity contribution is 6.00. The highest BCUT2D eigenvalue weighted by Crippen LogP contribution is 2.26. The van der Waals surface area contributed by atoms with Crippen LogP contribution in [0.5, 0.6) is 0 Å². The van der Waals surface area contributed by atoms with E-state index in [1.807, 2.05) is 52.0 Å². The molecule has 23 heavy (non-hydrogen) atoms. The number of carbonyl (C=O) groups excluding carboxylic acids is 1. The van der Waals surface area contributed by atoms with E-state index >= 15 is 0 Å². The molecule has 0 saturated carbocycles. The van der Waals surface area contributed by atoms with Crippen molar-refractivity contribution in [1.29, 1.82) is 0 Å². The van der Waals surface area contributed by atoms with Crippen molar-refractivity contribution in [1.82, 2.24) is 0 Å². The lowest BCUT2D eigenvalue weighted by atomic mass is 9.83. The fraction of sp³-hybridized carbons (Fsp3) is 0.263. The first-order valence-electron chi connectivity index (χ1n) is 7.44. The van der Waals surface area contributed by atoms with Gasteiger partial charge in [-0.2, -0.15) is 0 Å². The van der Waals surface area contributed by atoms with E-state index in [0.29, 0.717) is 5.69 Å². The normalized spacial score (nSPS) is 11.1. The first kappa shape index (κ1) is 16.7. The second-order valence-corrected chi connectivity index (χ2v) is 6.28. The van der Waals surface area contributed by atoms with Gasteiger partial charge in [0.2, 0.25) is 5.91 Å². The average molecular weight is 311 g/mol. The Kier molecular flexibility index (Phi) is 4.55. The van der Waals surface area contributed by atoms with Crippen LogP contribution in [0.3, 0.4) is 0 Å². The number of carboxylic acids is 1. The molecule has 0 atom stereocenters. The van der Waals surface area contributed by atoms with Gasteiger partial charge >= 0.3 is 5.97 Å². The molecule has 0 aliphatic heterocycles. The number of carbonyl (C=O) groups is 2. The predicted molar refractivity (Wildman–Crippen MR) is 91.0 cm³/mol. The maximum absolute atomic E-state index is 12.7. The van der Waals surface area contributed by atoms with Gasteiger partial charge in [0.05, 0.1) is 11.0 Å². The molecule has 2 aromatic carbocycles. The number of carboxylic acid groups (broad SMARTS) is 1. The Morgan fingerprint density at radius 3 is 2.17 bits per heavy atom. The second kappa shape index (κ2) is 6.24. The summed E-state index contributed by atoms with van der Waals surface area (Å²) in [6.07, 6.45) is 0. The van der Waals surface area contributed by atoms with Gasteiger partial charge in [-0.15, -0.1) is 0 Å². The molecule has 0 heterocycles. The zero-order valence-electron chi connectivity index (χ0n) is 13.8. The van der Waals surface area contributed by atoms with E-state index in [0.717, 1.165) is 16.7 Å². The number of hydrogen-bond donors (Lipinski definition) is 2. The first-order valence-corrected chi connectivity index (χ1v) is 7.44. The Labute approximate surface area is 136 Å². The number of hydrogen-bond acceptors (Lipinski definition) is 2. The molecular weight excluding hydrogens is 290 g/mol. The quantitative estimate of drug-likeness (QED) is 0.899. The van der Waals surface area contributed by atoms with Crippen LogP contribution in [0.1, 0.15) is 40.9 Å². The van der Waals surface area contributed by atoms with E-state index in [2.05, 4.69) is 5.32 Å². The second-order valence-electron chi connectivity index (χ2n) is 6.28. The van der Waals surface area contributed by atoms with Crippen molar-refractivity contribution < 1.29 is 14.7 Å². The lowest BCUT2D eigenvalue weighted by Gasteiger charge is -2.25. The molecule has 4 heteroatoms. The molecule has 2 aromatic rings. The zero-order chi connectivity index (χ0) is 17.2. The van der Waals surface area contributed by atoms with Gasteiger partial charge in [0, 0.05) is 5.69 Å². The Morgan fingerprint density at radius 1 is 1.00 bits per heavy atom. The number of nitrogens with one attached hydrogen (secondary N) is 1. The van der Waals surface area contributed by atoms with E-state index in [1.54, 1.807) is 6.07 Å². The summed E-state index contributed by atoms with van der Waals surface area (Å²) in [5.41, 5.74) is 2.82. The summed E-state index contributed by atoms with van der Waals surface area (Å²) in [5.74, 6) is -1.19. The molecule has 4 nitrogen and oxygen atoms in total. The maximum atomic E-state index is 12.7. The molecule has 0 aliphatic carbocycles. The number of anilines is 1. The summed E-state index contributed by atoms with van der Waals surface area (Å²) in [4.78, 5) is 23.8. The third-order valence-electron chi connectivity index (χ3n) is 4.07. The van der Waals surface area contributed by atoms with Gasteiger partial charge in [-0.1, -0.05) is 35.9 Å². The number of aromatic carboxylic acids is 1. The number of amides is 1. The van der Waals surface area contributed by atoms with Crippen LogP contribution >= 0.6 is 0 Å². The van der Waals surface area contributed by atoms with E-state index in [1.165, 1.54) is 12.1 Å². The zero-order valence-corrected chi connectivity index (χ0v) is 13.8. The maximum Gasteiger partial charge on any atom is 0.335 e. The van der Waals surface area contributed by atoms with Gasteiger partial charge in [0.25, 0.3) is 0 Å². The van der Waals surface area contributed by atoms with Crippen LogP contribution in [-0.4, -0.2) is 17.0 Å². The van der Waals surface area contributed by atoms with E-state index in [4.69, 9.17) is 5.11 Å². The molecule has 1 amide bonds. The van der Waals surface area contributed by atoms with E-state index in [-0.39, 0.29) is 11.5 Å². The topological polar surface area (TPSA) is 66.4 Å². The van der Waals surface area contributed by atoms with Crippen LogP contribution in [0.4, 0.5) is 5.69 Å². The molecule has 0 bridgehead atoms. The SMILES string of the molecule is Cc1ccc(C(C)(C)C(=O)Nc2cc(C(=O)O)ccc2C)cc1. The molecule has 0 radical (unpaired) electrons. The monoisotopic (exact) mass is 311 g/mol. The van der Waals surface area contributed by atoms with Crippen molar-refractivity contribution in [3.8, 4) is 0 Å². The van der Waals surface area contributed by atoms with E-state index < -0.39 is 11.4 Å². The summed E-state index contributed by atoms with van der Waals surface area (Å²) in [6, 6.07) is 12.5. The summed E-state index contributed by atoms with van der Waals surface area (Å²) < 4.78 is 0. The molecule has 0 unspecified atom stereocenters. The van der Waals surface area contributed by atoms with Crippen LogP contribution in [0.15, 0.2) is 42.5 Å². The van der Waals surface area contributed by atoms with Crippen molar-refractivity contribution >= 4 is 17.6 Å². The van der Waals surface area contributed by atoms with Gasteiger partial charge in [-0.05, 0) is 51.0 Å². The Hall–Kier alpha value is -2.62. The number of benzene rings is 2. The molecule has 0 aromatic heterocycles. The van der Waals surface area contributed by atoms with Crippen LogP contribution in [0, 0.1) is 13.8 Å². The van der Waals surface area contributed by atoms with Crippen LogP contribution < -0.4 is 5.32 Å². The Bertz CT molecular complexity index is 746. The van der Waals surface area contributed by atoms with Gasteiger partial charge in [-0.25, -0.2) is 4.79 Å². The first-order chi connectivity index (χ1) is 10.7. The average Bonchev–Trinajstić information content (AvgIpc) is 2.49. The number of aryl methyl sites for hydroxylation is 2. The molecular formula is C19H21NO3. The summed E-state index contributed by atoms with van der Waals surface area (Å²) in [5, 5.41) is 11.9. The molecule has 0 saturated heterocycles. The summed E-state index contributed by atoms with van der Waals surface area (Å²) >= 11 is 0. The molecule has 2 N–H and O–H groups in total. The minimum Gasteiger partial charge on any atom is -0.478 e. The smallest absolute Gasteiger partial charge is 0.335 e. The van der Waals surface area contributed by atoms with Gasteiger partial charge in [0.15, 0.2) is 0 Å². The van der Waals surface area contributed by atoms with Gasteiger partial charge < -0.3 is 10.4 Å². The fourth-order valence-electron chi connectivity index (χ4n) is 2.27. The lowest BCUT2D eigenvalue weighted by molar-refractivity contribution is -0.120. The Morgan fingerprint density at radius 2 is 1.61 bits per heavy atom. The lowest BCUT2D eigenvalue weighted by Crippen LogP contribution is -2.35. The van der Waals surface area contributed by atoms with Crippen molar-refractivity contribution in [3.05, 3.63) is 64.7 Å².